The lowest BCUT2D eigenvalue weighted by molar-refractivity contribution is 0.368. The van der Waals surface area contributed by atoms with Crippen molar-refractivity contribution in [2.45, 2.75) is 38.5 Å². The molecule has 0 saturated heterocycles. The van der Waals surface area contributed by atoms with E-state index >= 15 is 0 Å². The van der Waals surface area contributed by atoms with E-state index in [9.17, 15) is 13.2 Å². The highest BCUT2D eigenvalue weighted by Gasteiger charge is 2.23. The molecule has 4 rings (SSSR count). The van der Waals surface area contributed by atoms with Gasteiger partial charge in [0.25, 0.3) is 0 Å². The molecule has 0 unspecified atom stereocenters. The highest BCUT2D eigenvalue weighted by atomic mass is 19.2. The van der Waals surface area contributed by atoms with E-state index in [2.05, 4.69) is 12.2 Å². The van der Waals surface area contributed by atoms with Crippen molar-refractivity contribution >= 4 is 0 Å². The maximum absolute atomic E-state index is 15.0. The Morgan fingerprint density at radius 2 is 1.44 bits per heavy atom. The Morgan fingerprint density at radius 3 is 2.06 bits per heavy atom. The van der Waals surface area contributed by atoms with Gasteiger partial charge in [-0.3, -0.25) is 0 Å². The van der Waals surface area contributed by atoms with Gasteiger partial charge in [-0.15, -0.1) is 0 Å². The predicted molar refractivity (Wildman–Crippen MR) is 123 cm³/mol. The quantitative estimate of drug-likeness (QED) is 0.366. The van der Waals surface area contributed by atoms with Gasteiger partial charge in [-0.1, -0.05) is 48.6 Å². The van der Waals surface area contributed by atoms with Crippen molar-refractivity contribution in [3.05, 3.63) is 89.8 Å². The van der Waals surface area contributed by atoms with Gasteiger partial charge in [-0.05, 0) is 84.9 Å². The second-order valence-corrected chi connectivity index (χ2v) is 8.39. The first-order chi connectivity index (χ1) is 15.5. The molecule has 0 spiro atoms. The first kappa shape index (κ1) is 22.2. The molecule has 0 aromatic heterocycles. The molecule has 1 aliphatic rings. The molecule has 0 bridgehead atoms. The fourth-order valence-corrected chi connectivity index (χ4v) is 4.69. The van der Waals surface area contributed by atoms with Crippen LogP contribution < -0.4 is 4.74 Å². The topological polar surface area (TPSA) is 9.23 Å². The molecular formula is C28H27F3O. The summed E-state index contributed by atoms with van der Waals surface area (Å²) in [6.45, 7) is 2.04. The summed E-state index contributed by atoms with van der Waals surface area (Å²) in [6, 6.07) is 15.4. The van der Waals surface area contributed by atoms with E-state index in [1.807, 2.05) is 19.1 Å². The van der Waals surface area contributed by atoms with Crippen LogP contribution in [0, 0.1) is 23.4 Å². The van der Waals surface area contributed by atoms with E-state index in [-0.39, 0.29) is 23.0 Å². The monoisotopic (exact) mass is 436 g/mol. The summed E-state index contributed by atoms with van der Waals surface area (Å²) in [4.78, 5) is 0. The Bertz CT molecular complexity index is 1110. The van der Waals surface area contributed by atoms with Crippen LogP contribution in [0.15, 0.2) is 66.7 Å². The number of methoxy groups -OCH3 is 1. The summed E-state index contributed by atoms with van der Waals surface area (Å²) in [5.74, 6) is -1.39. The van der Waals surface area contributed by atoms with Crippen LogP contribution in [0.1, 0.15) is 44.1 Å². The standard InChI is InChI=1S/C28H27F3O/c1-3-4-18-5-7-20(8-6-18)23-14-13-22(17-25(23)29)19-9-11-21(12-10-19)24-15-16-26(32-2)28(31)27(24)30/h3-4,9-18,20H,5-8H2,1-2H3. The molecule has 3 aromatic carbocycles. The molecule has 0 aliphatic heterocycles. The number of halogens is 3. The normalized spacial score (nSPS) is 18.8. The number of benzene rings is 3. The van der Waals surface area contributed by atoms with Crippen LogP contribution in [-0.4, -0.2) is 7.11 Å². The van der Waals surface area contributed by atoms with Gasteiger partial charge < -0.3 is 4.74 Å². The van der Waals surface area contributed by atoms with Gasteiger partial charge in [0.2, 0.25) is 5.82 Å². The van der Waals surface area contributed by atoms with Crippen LogP contribution >= 0.6 is 0 Å². The van der Waals surface area contributed by atoms with Gasteiger partial charge >= 0.3 is 0 Å². The maximum Gasteiger partial charge on any atom is 0.201 e. The van der Waals surface area contributed by atoms with E-state index in [0.717, 1.165) is 42.4 Å². The van der Waals surface area contributed by atoms with E-state index in [4.69, 9.17) is 4.74 Å². The molecule has 1 aliphatic carbocycles. The summed E-state index contributed by atoms with van der Waals surface area (Å²) in [7, 11) is 1.30. The Labute approximate surface area is 187 Å². The van der Waals surface area contributed by atoms with Crippen LogP contribution in [0.5, 0.6) is 5.75 Å². The third-order valence-corrected chi connectivity index (χ3v) is 6.47. The fourth-order valence-electron chi connectivity index (χ4n) is 4.69. The average Bonchev–Trinajstić information content (AvgIpc) is 2.82. The minimum Gasteiger partial charge on any atom is -0.494 e. The third-order valence-electron chi connectivity index (χ3n) is 6.47. The molecule has 0 amide bonds. The van der Waals surface area contributed by atoms with E-state index in [1.165, 1.54) is 19.2 Å². The van der Waals surface area contributed by atoms with Crippen molar-refractivity contribution in [2.75, 3.05) is 7.11 Å². The first-order valence-corrected chi connectivity index (χ1v) is 11.1. The highest BCUT2D eigenvalue weighted by Crippen LogP contribution is 2.38. The Kier molecular flexibility index (Phi) is 6.69. The zero-order valence-corrected chi connectivity index (χ0v) is 18.4. The van der Waals surface area contributed by atoms with Crippen molar-refractivity contribution in [1.82, 2.24) is 0 Å². The zero-order valence-electron chi connectivity index (χ0n) is 18.4. The highest BCUT2D eigenvalue weighted by molar-refractivity contribution is 5.71. The number of allylic oxidation sites excluding steroid dienone is 2. The SMILES string of the molecule is CC=CC1CCC(c2ccc(-c3ccc(-c4ccc(OC)c(F)c4F)cc3)cc2F)CC1. The summed E-state index contributed by atoms with van der Waals surface area (Å²) < 4.78 is 48.2. The van der Waals surface area contributed by atoms with Crippen LogP contribution in [0.3, 0.4) is 0 Å². The van der Waals surface area contributed by atoms with E-state index in [1.54, 1.807) is 30.3 Å². The summed E-state index contributed by atoms with van der Waals surface area (Å²) >= 11 is 0. The van der Waals surface area contributed by atoms with Gasteiger partial charge in [0.15, 0.2) is 11.6 Å². The molecule has 0 radical (unpaired) electrons. The Morgan fingerprint density at radius 1 is 0.781 bits per heavy atom. The van der Waals surface area contributed by atoms with Crippen molar-refractivity contribution in [3.8, 4) is 28.0 Å². The van der Waals surface area contributed by atoms with Crippen molar-refractivity contribution in [3.63, 3.8) is 0 Å². The molecule has 1 fully saturated rings. The van der Waals surface area contributed by atoms with Gasteiger partial charge in [0.1, 0.15) is 5.82 Å². The van der Waals surface area contributed by atoms with Crippen LogP contribution in [0.2, 0.25) is 0 Å². The molecule has 4 heteroatoms. The number of hydrogen-bond donors (Lipinski definition) is 0. The number of ether oxygens (including phenoxy) is 1. The van der Waals surface area contributed by atoms with Crippen molar-refractivity contribution in [1.29, 1.82) is 0 Å². The maximum atomic E-state index is 15.0. The second-order valence-electron chi connectivity index (χ2n) is 8.39. The van der Waals surface area contributed by atoms with E-state index in [0.29, 0.717) is 11.5 Å². The van der Waals surface area contributed by atoms with Gasteiger partial charge in [-0.2, -0.15) is 4.39 Å². The molecule has 0 heterocycles. The van der Waals surface area contributed by atoms with Gasteiger partial charge in [0, 0.05) is 5.56 Å². The van der Waals surface area contributed by atoms with Crippen LogP contribution in [0.25, 0.3) is 22.3 Å². The average molecular weight is 437 g/mol. The lowest BCUT2D eigenvalue weighted by Gasteiger charge is -2.27. The minimum atomic E-state index is -1.01. The Hall–Kier alpha value is -3.01. The second kappa shape index (κ2) is 9.64. The summed E-state index contributed by atoms with van der Waals surface area (Å²) in [5.41, 5.74) is 3.08. The van der Waals surface area contributed by atoms with E-state index < -0.39 is 11.6 Å². The third kappa shape index (κ3) is 4.45. The van der Waals surface area contributed by atoms with Gasteiger partial charge in [-0.25, -0.2) is 8.78 Å². The summed E-state index contributed by atoms with van der Waals surface area (Å²) in [5, 5.41) is 0. The minimum absolute atomic E-state index is 0.131. The number of hydrogen-bond acceptors (Lipinski definition) is 1. The fraction of sp³-hybridized carbons (Fsp3) is 0.286. The lowest BCUT2D eigenvalue weighted by Crippen LogP contribution is -2.12. The molecule has 0 N–H and O–H groups in total. The van der Waals surface area contributed by atoms with Crippen LogP contribution in [-0.2, 0) is 0 Å². The first-order valence-electron chi connectivity index (χ1n) is 11.1. The van der Waals surface area contributed by atoms with Crippen molar-refractivity contribution in [2.24, 2.45) is 5.92 Å². The van der Waals surface area contributed by atoms with Crippen molar-refractivity contribution < 1.29 is 17.9 Å². The molecule has 1 saturated carbocycles. The smallest absolute Gasteiger partial charge is 0.201 e. The zero-order chi connectivity index (χ0) is 22.7. The Balaban J connectivity index is 1.53. The van der Waals surface area contributed by atoms with Gasteiger partial charge in [0.05, 0.1) is 7.11 Å². The molecular weight excluding hydrogens is 409 g/mol. The molecule has 32 heavy (non-hydrogen) atoms. The molecule has 3 aromatic rings. The molecule has 0 atom stereocenters. The lowest BCUT2D eigenvalue weighted by atomic mass is 9.78. The largest absolute Gasteiger partial charge is 0.494 e. The predicted octanol–water partition coefficient (Wildman–Crippen LogP) is 8.30. The number of rotatable bonds is 5. The summed E-state index contributed by atoms with van der Waals surface area (Å²) in [6.07, 6.45) is 8.56. The molecule has 1 nitrogen and oxygen atoms in total. The molecule has 166 valence electrons. The van der Waals surface area contributed by atoms with Crippen LogP contribution in [0.4, 0.5) is 13.2 Å².